The molecule has 0 amide bonds. The molecule has 1 heterocycles. The molecule has 0 aromatic rings. The summed E-state index contributed by atoms with van der Waals surface area (Å²) in [5.41, 5.74) is 0.419. The zero-order valence-electron chi connectivity index (χ0n) is 14.2. The summed E-state index contributed by atoms with van der Waals surface area (Å²) in [7, 11) is 0. The predicted octanol–water partition coefficient (Wildman–Crippen LogP) is 3.29. The lowest BCUT2D eigenvalue weighted by molar-refractivity contribution is 0.00445. The van der Waals surface area contributed by atoms with Gasteiger partial charge in [-0.15, -0.1) is 0 Å². The Morgan fingerprint density at radius 3 is 2.40 bits per heavy atom. The molecule has 1 N–H and O–H groups in total. The molecule has 0 spiro atoms. The maximum atomic E-state index is 5.75. The van der Waals surface area contributed by atoms with E-state index < -0.39 is 0 Å². The van der Waals surface area contributed by atoms with E-state index in [1.54, 1.807) is 0 Å². The van der Waals surface area contributed by atoms with Gasteiger partial charge in [-0.2, -0.15) is 0 Å². The van der Waals surface area contributed by atoms with Crippen molar-refractivity contribution in [3.63, 3.8) is 0 Å². The molecule has 1 unspecified atom stereocenters. The smallest absolute Gasteiger partial charge is 0.0599 e. The summed E-state index contributed by atoms with van der Waals surface area (Å²) in [6.45, 7) is 15.9. The Balaban J connectivity index is 2.37. The molecule has 3 nitrogen and oxygen atoms in total. The topological polar surface area (TPSA) is 24.5 Å². The highest BCUT2D eigenvalue weighted by atomic mass is 16.5. The van der Waals surface area contributed by atoms with Gasteiger partial charge in [0, 0.05) is 32.8 Å². The summed E-state index contributed by atoms with van der Waals surface area (Å²) in [6, 6.07) is 0. The fourth-order valence-corrected chi connectivity index (χ4v) is 3.40. The van der Waals surface area contributed by atoms with Crippen LogP contribution in [0.3, 0.4) is 0 Å². The molecule has 1 aliphatic heterocycles. The first kappa shape index (κ1) is 17.9. The average Bonchev–Trinajstić information content (AvgIpc) is 2.42. The van der Waals surface area contributed by atoms with Crippen LogP contribution < -0.4 is 5.32 Å². The van der Waals surface area contributed by atoms with Crippen LogP contribution in [0.1, 0.15) is 59.8 Å². The molecule has 1 saturated heterocycles. The van der Waals surface area contributed by atoms with Gasteiger partial charge in [0.15, 0.2) is 0 Å². The molecule has 1 atom stereocenters. The van der Waals surface area contributed by atoms with Crippen molar-refractivity contribution in [2.75, 3.05) is 39.3 Å². The van der Waals surface area contributed by atoms with Crippen LogP contribution in [0.15, 0.2) is 0 Å². The van der Waals surface area contributed by atoms with Crippen molar-refractivity contribution in [1.82, 2.24) is 10.2 Å². The van der Waals surface area contributed by atoms with E-state index in [0.29, 0.717) is 11.5 Å². The fourth-order valence-electron chi connectivity index (χ4n) is 3.40. The molecule has 0 aromatic carbocycles. The Morgan fingerprint density at radius 2 is 1.85 bits per heavy atom. The van der Waals surface area contributed by atoms with Crippen molar-refractivity contribution in [3.8, 4) is 0 Å². The van der Waals surface area contributed by atoms with Gasteiger partial charge in [-0.1, -0.05) is 27.2 Å². The highest BCUT2D eigenvalue weighted by Crippen LogP contribution is 2.26. The van der Waals surface area contributed by atoms with E-state index in [-0.39, 0.29) is 0 Å². The highest BCUT2D eigenvalue weighted by Gasteiger charge is 2.28. The molecule has 20 heavy (non-hydrogen) atoms. The first-order valence-corrected chi connectivity index (χ1v) is 8.68. The van der Waals surface area contributed by atoms with Crippen LogP contribution in [-0.4, -0.2) is 50.3 Å². The number of piperidine rings is 1. The number of ether oxygens (including phenoxy) is 1. The predicted molar refractivity (Wildman–Crippen MR) is 87.3 cm³/mol. The average molecular weight is 284 g/mol. The molecule has 0 aromatic heterocycles. The van der Waals surface area contributed by atoms with E-state index in [0.717, 1.165) is 19.7 Å². The summed E-state index contributed by atoms with van der Waals surface area (Å²) in [4.78, 5) is 2.65. The monoisotopic (exact) mass is 284 g/mol. The third-order valence-electron chi connectivity index (χ3n) is 4.37. The molecule has 1 fully saturated rings. The van der Waals surface area contributed by atoms with Crippen LogP contribution in [0.2, 0.25) is 0 Å². The molecule has 0 aliphatic carbocycles. The molecule has 1 aliphatic rings. The summed E-state index contributed by atoms with van der Waals surface area (Å²) in [6.07, 6.45) is 6.74. The minimum absolute atomic E-state index is 0.419. The Labute approximate surface area is 126 Å². The van der Waals surface area contributed by atoms with Crippen LogP contribution in [-0.2, 0) is 4.74 Å². The lowest BCUT2D eigenvalue weighted by Crippen LogP contribution is -2.46. The molecule has 3 heteroatoms. The van der Waals surface area contributed by atoms with Crippen LogP contribution in [0.5, 0.6) is 0 Å². The van der Waals surface area contributed by atoms with Crippen molar-refractivity contribution in [2.24, 2.45) is 5.41 Å². The van der Waals surface area contributed by atoms with Crippen LogP contribution >= 0.6 is 0 Å². The molecule has 120 valence electrons. The first-order chi connectivity index (χ1) is 9.63. The fraction of sp³-hybridized carbons (Fsp3) is 1.00. The maximum Gasteiger partial charge on any atom is 0.0599 e. The lowest BCUT2D eigenvalue weighted by atomic mass is 9.84. The second kappa shape index (κ2) is 9.75. The number of hydrogen-bond acceptors (Lipinski definition) is 3. The van der Waals surface area contributed by atoms with Gasteiger partial charge in [0.25, 0.3) is 0 Å². The second-order valence-corrected chi connectivity index (χ2v) is 6.67. The Morgan fingerprint density at radius 1 is 1.15 bits per heavy atom. The zero-order chi connectivity index (χ0) is 14.8. The number of rotatable bonds is 10. The molecule has 0 saturated carbocycles. The van der Waals surface area contributed by atoms with Crippen LogP contribution in [0.4, 0.5) is 0 Å². The van der Waals surface area contributed by atoms with E-state index in [4.69, 9.17) is 4.74 Å². The number of hydrogen-bond donors (Lipinski definition) is 1. The highest BCUT2D eigenvalue weighted by molar-refractivity contribution is 4.83. The molecular weight excluding hydrogens is 248 g/mol. The van der Waals surface area contributed by atoms with Crippen molar-refractivity contribution >= 4 is 0 Å². The molecule has 0 bridgehead atoms. The van der Waals surface area contributed by atoms with Crippen LogP contribution in [0.25, 0.3) is 0 Å². The van der Waals surface area contributed by atoms with Crippen molar-refractivity contribution in [2.45, 2.75) is 65.9 Å². The van der Waals surface area contributed by atoms with E-state index in [1.807, 2.05) is 0 Å². The maximum absolute atomic E-state index is 5.75. The summed E-state index contributed by atoms with van der Waals surface area (Å²) >= 11 is 0. The van der Waals surface area contributed by atoms with Crippen molar-refractivity contribution in [3.05, 3.63) is 0 Å². The van der Waals surface area contributed by atoms with Gasteiger partial charge in [-0.3, -0.25) is 0 Å². The summed E-state index contributed by atoms with van der Waals surface area (Å²) in [5, 5.41) is 3.63. The Bertz CT molecular complexity index is 239. The molecule has 0 radical (unpaired) electrons. The van der Waals surface area contributed by atoms with Gasteiger partial charge >= 0.3 is 0 Å². The van der Waals surface area contributed by atoms with E-state index in [9.17, 15) is 0 Å². The van der Waals surface area contributed by atoms with Gasteiger partial charge in [0.05, 0.1) is 6.10 Å². The Hall–Kier alpha value is -0.120. The van der Waals surface area contributed by atoms with Crippen molar-refractivity contribution < 1.29 is 4.74 Å². The number of nitrogens with zero attached hydrogens (tertiary/aromatic N) is 1. The summed E-state index contributed by atoms with van der Waals surface area (Å²) in [5.74, 6) is 0. The van der Waals surface area contributed by atoms with E-state index >= 15 is 0 Å². The van der Waals surface area contributed by atoms with Gasteiger partial charge in [0.1, 0.15) is 0 Å². The number of nitrogens with one attached hydrogen (secondary N) is 1. The molecule has 1 rings (SSSR count). The lowest BCUT2D eigenvalue weighted by Gasteiger charge is -2.39. The summed E-state index contributed by atoms with van der Waals surface area (Å²) < 4.78 is 5.75. The largest absolute Gasteiger partial charge is 0.378 e. The van der Waals surface area contributed by atoms with Gasteiger partial charge in [-0.25, -0.2) is 0 Å². The third-order valence-corrected chi connectivity index (χ3v) is 4.37. The van der Waals surface area contributed by atoms with Gasteiger partial charge in [0.2, 0.25) is 0 Å². The Kier molecular flexibility index (Phi) is 8.74. The SMILES string of the molecule is CCCNCC(C)(CCC)CN1CCC(OCC)CC1. The third kappa shape index (κ3) is 6.55. The molecular formula is C17H36N2O. The normalized spacial score (nSPS) is 21.0. The zero-order valence-corrected chi connectivity index (χ0v) is 14.2. The minimum Gasteiger partial charge on any atom is -0.378 e. The second-order valence-electron chi connectivity index (χ2n) is 6.67. The standard InChI is InChI=1S/C17H36N2O/c1-5-10-17(4,14-18-11-6-2)15-19-12-8-16(9-13-19)20-7-3/h16,18H,5-15H2,1-4H3. The minimum atomic E-state index is 0.419. The van der Waals surface area contributed by atoms with Gasteiger partial charge < -0.3 is 15.0 Å². The first-order valence-electron chi connectivity index (χ1n) is 8.68. The van der Waals surface area contributed by atoms with E-state index in [1.165, 1.54) is 51.7 Å². The van der Waals surface area contributed by atoms with E-state index in [2.05, 4.69) is 37.9 Å². The number of likely N-dealkylation sites (tertiary alicyclic amines) is 1. The van der Waals surface area contributed by atoms with Crippen molar-refractivity contribution in [1.29, 1.82) is 0 Å². The quantitative estimate of drug-likeness (QED) is 0.623. The van der Waals surface area contributed by atoms with Crippen LogP contribution in [0, 0.1) is 5.41 Å². The van der Waals surface area contributed by atoms with Gasteiger partial charge in [-0.05, 0) is 44.6 Å².